The van der Waals surface area contributed by atoms with Crippen LogP contribution in [0.5, 0.6) is 11.5 Å². The number of anilines is 1. The van der Waals surface area contributed by atoms with Gasteiger partial charge in [-0.15, -0.1) is 0 Å². The number of benzene rings is 2. The number of nitrogen functional groups attached to an aromatic ring is 1. The minimum atomic E-state index is -0.0782. The molecule has 9 nitrogen and oxygen atoms in total. The maximum absolute atomic E-state index is 12.7. The first-order valence-corrected chi connectivity index (χ1v) is 11.7. The van der Waals surface area contributed by atoms with Crippen LogP contribution in [0.15, 0.2) is 67.1 Å². The van der Waals surface area contributed by atoms with Crippen molar-refractivity contribution in [1.29, 1.82) is 0 Å². The quantitative estimate of drug-likeness (QED) is 0.406. The van der Waals surface area contributed by atoms with Gasteiger partial charge in [0.15, 0.2) is 0 Å². The molecule has 0 spiro atoms. The average molecular weight is 473 g/mol. The molecule has 35 heavy (non-hydrogen) atoms. The number of nitrogens with one attached hydrogen (secondary N) is 1. The first kappa shape index (κ1) is 22.8. The number of carbonyl (C=O) groups is 1. The zero-order valence-corrected chi connectivity index (χ0v) is 19.4. The Labute approximate surface area is 203 Å². The third kappa shape index (κ3) is 5.42. The predicted octanol–water partition coefficient (Wildman–Crippen LogP) is 2.92. The number of hydrogen-bond acceptors (Lipinski definition) is 7. The molecule has 9 heteroatoms. The topological polar surface area (TPSA) is 108 Å². The van der Waals surface area contributed by atoms with Crippen molar-refractivity contribution >= 4 is 22.8 Å². The predicted molar refractivity (Wildman–Crippen MR) is 134 cm³/mol. The maximum Gasteiger partial charge on any atom is 0.240 e. The Bertz CT molecular complexity index is 1280. The van der Waals surface area contributed by atoms with Crippen LogP contribution in [0.4, 0.5) is 5.82 Å². The number of rotatable bonds is 8. The van der Waals surface area contributed by atoms with Crippen molar-refractivity contribution in [1.82, 2.24) is 24.8 Å². The van der Waals surface area contributed by atoms with E-state index in [1.807, 2.05) is 65.4 Å². The zero-order chi connectivity index (χ0) is 24.0. The molecular weight excluding hydrogens is 444 g/mol. The highest BCUT2D eigenvalue weighted by Gasteiger charge is 2.17. The molecule has 3 heterocycles. The second-order valence-corrected chi connectivity index (χ2v) is 8.37. The maximum atomic E-state index is 12.7. The van der Waals surface area contributed by atoms with Crippen molar-refractivity contribution in [2.24, 2.45) is 0 Å². The number of ether oxygens (including phenoxy) is 2. The summed E-state index contributed by atoms with van der Waals surface area (Å²) in [6, 6.07) is 17.4. The summed E-state index contributed by atoms with van der Waals surface area (Å²) in [6.07, 6.45) is 3.33. The number of carbonyl (C=O) groups excluding carboxylic acids is 1. The van der Waals surface area contributed by atoms with E-state index in [9.17, 15) is 4.79 Å². The van der Waals surface area contributed by atoms with Crippen LogP contribution >= 0.6 is 0 Å². The van der Waals surface area contributed by atoms with Crippen LogP contribution in [0.25, 0.3) is 22.2 Å². The number of hydrogen-bond donors (Lipinski definition) is 2. The molecule has 2 aromatic carbocycles. The molecule has 1 aliphatic rings. The number of morpholine rings is 1. The molecule has 0 atom stereocenters. The van der Waals surface area contributed by atoms with Gasteiger partial charge in [-0.2, -0.15) is 0 Å². The number of nitrogens with zero attached hydrogens (tertiary/aromatic N) is 4. The smallest absolute Gasteiger partial charge is 0.240 e. The molecule has 1 saturated heterocycles. The Morgan fingerprint density at radius 2 is 1.77 bits per heavy atom. The highest BCUT2D eigenvalue weighted by Crippen LogP contribution is 2.34. The lowest BCUT2D eigenvalue weighted by Crippen LogP contribution is -2.41. The first-order valence-electron chi connectivity index (χ1n) is 11.7. The summed E-state index contributed by atoms with van der Waals surface area (Å²) in [7, 11) is 0. The SMILES string of the molecule is Nc1ncnc2c1c(-c1ccc(Oc3ccccc3)cc1)cn2CC(=O)NCCN1CCOCC1. The zero-order valence-electron chi connectivity index (χ0n) is 19.4. The van der Waals surface area contributed by atoms with Gasteiger partial charge >= 0.3 is 0 Å². The summed E-state index contributed by atoms with van der Waals surface area (Å²) in [4.78, 5) is 23.6. The van der Waals surface area contributed by atoms with Crippen molar-refractivity contribution in [3.05, 3.63) is 67.1 Å². The Balaban J connectivity index is 1.31. The van der Waals surface area contributed by atoms with E-state index in [1.165, 1.54) is 6.33 Å². The van der Waals surface area contributed by atoms with Crippen LogP contribution in [0.3, 0.4) is 0 Å². The van der Waals surface area contributed by atoms with Crippen molar-refractivity contribution in [3.8, 4) is 22.6 Å². The summed E-state index contributed by atoms with van der Waals surface area (Å²) in [5, 5.41) is 3.73. The first-order chi connectivity index (χ1) is 17.2. The molecule has 5 rings (SSSR count). The van der Waals surface area contributed by atoms with E-state index in [0.717, 1.165) is 60.9 Å². The second kappa shape index (κ2) is 10.5. The Morgan fingerprint density at radius 1 is 1.03 bits per heavy atom. The number of amides is 1. The van der Waals surface area contributed by atoms with E-state index < -0.39 is 0 Å². The molecule has 0 bridgehead atoms. The van der Waals surface area contributed by atoms with Crippen LogP contribution in [0, 0.1) is 0 Å². The molecular formula is C26H28N6O3. The van der Waals surface area contributed by atoms with E-state index in [2.05, 4.69) is 20.2 Å². The van der Waals surface area contributed by atoms with Gasteiger partial charge in [-0.25, -0.2) is 9.97 Å². The monoisotopic (exact) mass is 472 g/mol. The molecule has 2 aromatic heterocycles. The molecule has 0 unspecified atom stereocenters. The van der Waals surface area contributed by atoms with Crippen LogP contribution in [-0.4, -0.2) is 64.7 Å². The highest BCUT2D eigenvalue weighted by atomic mass is 16.5. The van der Waals surface area contributed by atoms with Gasteiger partial charge in [0.2, 0.25) is 5.91 Å². The van der Waals surface area contributed by atoms with Crippen molar-refractivity contribution < 1.29 is 14.3 Å². The lowest BCUT2D eigenvalue weighted by Gasteiger charge is -2.26. The van der Waals surface area contributed by atoms with Crippen LogP contribution in [0.2, 0.25) is 0 Å². The molecule has 4 aromatic rings. The number of nitrogens with two attached hydrogens (primary N) is 1. The average Bonchev–Trinajstić information content (AvgIpc) is 3.25. The molecule has 0 radical (unpaired) electrons. The minimum Gasteiger partial charge on any atom is -0.457 e. The summed E-state index contributed by atoms with van der Waals surface area (Å²) in [6.45, 7) is 4.81. The number of aromatic nitrogens is 3. The highest BCUT2D eigenvalue weighted by molar-refractivity contribution is 6.01. The standard InChI is InChI=1S/C26H28N6O3/c27-25-24-22(19-6-8-21(9-7-19)35-20-4-2-1-3-5-20)16-32(26(24)30-18-29-25)17-23(33)28-10-11-31-12-14-34-15-13-31/h1-9,16,18H,10-15,17H2,(H,28,33)(H2,27,29,30). The summed E-state index contributed by atoms with van der Waals surface area (Å²) >= 11 is 0. The molecule has 0 aliphatic carbocycles. The van der Waals surface area contributed by atoms with Crippen molar-refractivity contribution in [2.45, 2.75) is 6.54 Å². The van der Waals surface area contributed by atoms with Gasteiger partial charge in [-0.3, -0.25) is 9.69 Å². The molecule has 180 valence electrons. The van der Waals surface area contributed by atoms with Gasteiger partial charge in [0.25, 0.3) is 0 Å². The molecule has 0 saturated carbocycles. The number of para-hydroxylation sites is 1. The Kier molecular flexibility index (Phi) is 6.87. The van der Waals surface area contributed by atoms with Gasteiger partial charge in [0.1, 0.15) is 35.8 Å². The third-order valence-corrected chi connectivity index (χ3v) is 5.99. The largest absolute Gasteiger partial charge is 0.457 e. The molecule has 1 fully saturated rings. The van der Waals surface area contributed by atoms with E-state index in [1.54, 1.807) is 0 Å². The second-order valence-electron chi connectivity index (χ2n) is 8.37. The fourth-order valence-corrected chi connectivity index (χ4v) is 4.20. The molecule has 1 amide bonds. The summed E-state index contributed by atoms with van der Waals surface area (Å²) in [5.41, 5.74) is 8.65. The minimum absolute atomic E-state index is 0.0782. The van der Waals surface area contributed by atoms with E-state index in [0.29, 0.717) is 18.0 Å². The van der Waals surface area contributed by atoms with Crippen molar-refractivity contribution in [3.63, 3.8) is 0 Å². The van der Waals surface area contributed by atoms with Crippen LogP contribution in [0.1, 0.15) is 0 Å². The van der Waals surface area contributed by atoms with Crippen LogP contribution in [-0.2, 0) is 16.1 Å². The van der Waals surface area contributed by atoms with E-state index >= 15 is 0 Å². The fourth-order valence-electron chi connectivity index (χ4n) is 4.20. The van der Waals surface area contributed by atoms with Crippen LogP contribution < -0.4 is 15.8 Å². The normalized spacial score (nSPS) is 14.2. The fraction of sp³-hybridized carbons (Fsp3) is 0.269. The Hall–Kier alpha value is -3.95. The van der Waals surface area contributed by atoms with E-state index in [4.69, 9.17) is 15.2 Å². The van der Waals surface area contributed by atoms with Gasteiger partial charge in [0.05, 0.1) is 18.6 Å². The number of fused-ring (bicyclic) bond motifs is 1. The lowest BCUT2D eigenvalue weighted by atomic mass is 10.1. The van der Waals surface area contributed by atoms with Gasteiger partial charge in [0, 0.05) is 37.9 Å². The Morgan fingerprint density at radius 3 is 2.54 bits per heavy atom. The molecule has 1 aliphatic heterocycles. The summed E-state index contributed by atoms with van der Waals surface area (Å²) in [5.74, 6) is 1.80. The lowest BCUT2D eigenvalue weighted by molar-refractivity contribution is -0.121. The third-order valence-electron chi connectivity index (χ3n) is 5.99. The van der Waals surface area contributed by atoms with Gasteiger partial charge in [-0.1, -0.05) is 30.3 Å². The molecule has 3 N–H and O–H groups in total. The van der Waals surface area contributed by atoms with E-state index in [-0.39, 0.29) is 12.5 Å². The van der Waals surface area contributed by atoms with Gasteiger partial charge in [-0.05, 0) is 29.8 Å². The van der Waals surface area contributed by atoms with Gasteiger partial charge < -0.3 is 25.1 Å². The van der Waals surface area contributed by atoms with Crippen molar-refractivity contribution in [2.75, 3.05) is 45.1 Å². The summed E-state index contributed by atoms with van der Waals surface area (Å²) < 4.78 is 13.1.